The second-order valence-corrected chi connectivity index (χ2v) is 5.68. The summed E-state index contributed by atoms with van der Waals surface area (Å²) in [5.41, 5.74) is 3.87. The third-order valence-corrected chi connectivity index (χ3v) is 4.18. The van der Waals surface area contributed by atoms with Gasteiger partial charge in [-0.3, -0.25) is 5.43 Å². The largest absolute Gasteiger partial charge is 0.495 e. The van der Waals surface area contributed by atoms with E-state index in [1.54, 1.807) is 13.3 Å². The molecule has 8 nitrogen and oxygen atoms in total. The van der Waals surface area contributed by atoms with Crippen LogP contribution in [0, 0.1) is 0 Å². The molecule has 3 rings (SSSR count). The van der Waals surface area contributed by atoms with Crippen molar-refractivity contribution in [2.45, 2.75) is 0 Å². The molecule has 4 N–H and O–H groups in total. The van der Waals surface area contributed by atoms with Crippen molar-refractivity contribution in [3.8, 4) is 5.75 Å². The molecule has 25 heavy (non-hydrogen) atoms. The highest BCUT2D eigenvalue weighted by atomic mass is 16.5. The first kappa shape index (κ1) is 16.8. The van der Waals surface area contributed by atoms with Gasteiger partial charge in [-0.05, 0) is 36.4 Å². The van der Waals surface area contributed by atoms with Crippen molar-refractivity contribution in [2.24, 2.45) is 5.84 Å². The van der Waals surface area contributed by atoms with Gasteiger partial charge in [-0.1, -0.05) is 0 Å². The van der Waals surface area contributed by atoms with Crippen LogP contribution in [0.5, 0.6) is 5.75 Å². The predicted octanol–water partition coefficient (Wildman–Crippen LogP) is 1.41. The number of nitrogens with one attached hydrogen (secondary N) is 2. The van der Waals surface area contributed by atoms with Crippen LogP contribution in [0.15, 0.2) is 42.6 Å². The summed E-state index contributed by atoms with van der Waals surface area (Å²) in [5, 5.41) is 2.64. The van der Waals surface area contributed by atoms with Gasteiger partial charge in [0.25, 0.3) is 0 Å². The number of urea groups is 1. The Morgan fingerprint density at radius 3 is 2.32 bits per heavy atom. The lowest BCUT2D eigenvalue weighted by Crippen LogP contribution is -2.46. The molecule has 0 radical (unpaired) electrons. The summed E-state index contributed by atoms with van der Waals surface area (Å²) in [4.78, 5) is 20.2. The van der Waals surface area contributed by atoms with Crippen LogP contribution in [0.3, 0.4) is 0 Å². The van der Waals surface area contributed by atoms with Crippen LogP contribution in [0.1, 0.15) is 0 Å². The molecule has 2 heterocycles. The molecule has 1 fully saturated rings. The summed E-state index contributed by atoms with van der Waals surface area (Å²) >= 11 is 0. The number of rotatable bonds is 4. The highest BCUT2D eigenvalue weighted by Gasteiger charge is 2.18. The number of piperazine rings is 1. The maximum Gasteiger partial charge on any atom is 0.333 e. The van der Waals surface area contributed by atoms with E-state index in [1.165, 1.54) is 0 Å². The van der Waals surface area contributed by atoms with Gasteiger partial charge < -0.3 is 19.9 Å². The van der Waals surface area contributed by atoms with Crippen molar-refractivity contribution < 1.29 is 9.53 Å². The maximum atomic E-state index is 11.2. The Hall–Kier alpha value is -3.00. The Labute approximate surface area is 146 Å². The summed E-state index contributed by atoms with van der Waals surface area (Å²) < 4.78 is 5.15. The van der Waals surface area contributed by atoms with Crippen molar-refractivity contribution in [1.82, 2.24) is 10.4 Å². The molecule has 0 atom stereocenters. The van der Waals surface area contributed by atoms with Crippen LogP contribution in [-0.2, 0) is 0 Å². The summed E-state index contributed by atoms with van der Waals surface area (Å²) in [5.74, 6) is 6.79. The van der Waals surface area contributed by atoms with Gasteiger partial charge >= 0.3 is 6.03 Å². The van der Waals surface area contributed by atoms with E-state index >= 15 is 0 Å². The number of nitrogens with zero attached hydrogens (tertiary/aromatic N) is 3. The van der Waals surface area contributed by atoms with Crippen molar-refractivity contribution in [1.29, 1.82) is 0 Å². The lowest BCUT2D eigenvalue weighted by molar-refractivity contribution is 0.252. The number of hydrazine groups is 1. The van der Waals surface area contributed by atoms with Crippen LogP contribution < -0.4 is 31.1 Å². The van der Waals surface area contributed by atoms with E-state index in [0.29, 0.717) is 5.69 Å². The van der Waals surface area contributed by atoms with Gasteiger partial charge in [0, 0.05) is 37.6 Å². The Morgan fingerprint density at radius 2 is 1.76 bits per heavy atom. The zero-order valence-electron chi connectivity index (χ0n) is 14.1. The number of amides is 2. The first-order chi connectivity index (χ1) is 12.2. The van der Waals surface area contributed by atoms with E-state index in [9.17, 15) is 4.79 Å². The number of carbonyl (C=O) groups is 1. The van der Waals surface area contributed by atoms with Gasteiger partial charge in [-0.2, -0.15) is 0 Å². The second-order valence-electron chi connectivity index (χ2n) is 5.68. The third kappa shape index (κ3) is 4.10. The fraction of sp³-hybridized carbons (Fsp3) is 0.294. The molecule has 1 saturated heterocycles. The summed E-state index contributed by atoms with van der Waals surface area (Å²) in [6, 6.07) is 11.2. The van der Waals surface area contributed by atoms with Crippen LogP contribution in [-0.4, -0.2) is 44.3 Å². The second kappa shape index (κ2) is 7.71. The van der Waals surface area contributed by atoms with Crippen LogP contribution >= 0.6 is 0 Å². The lowest BCUT2D eigenvalue weighted by Gasteiger charge is -2.36. The van der Waals surface area contributed by atoms with Crippen LogP contribution in [0.25, 0.3) is 0 Å². The van der Waals surface area contributed by atoms with Gasteiger partial charge in [0.15, 0.2) is 0 Å². The summed E-state index contributed by atoms with van der Waals surface area (Å²) in [7, 11) is 1.64. The van der Waals surface area contributed by atoms with E-state index in [4.69, 9.17) is 10.6 Å². The minimum atomic E-state index is -0.437. The van der Waals surface area contributed by atoms with Gasteiger partial charge in [0.05, 0.1) is 13.3 Å². The molecule has 1 aliphatic rings. The molecule has 8 heteroatoms. The van der Waals surface area contributed by atoms with Crippen molar-refractivity contribution in [2.75, 3.05) is 48.4 Å². The molecule has 132 valence electrons. The lowest BCUT2D eigenvalue weighted by atomic mass is 10.2. The summed E-state index contributed by atoms with van der Waals surface area (Å²) in [6.07, 6.45) is 1.74. The topological polar surface area (TPSA) is 95.8 Å². The molecule has 1 aromatic heterocycles. The Kier molecular flexibility index (Phi) is 5.20. The number of hydrogen-bond donors (Lipinski definition) is 3. The van der Waals surface area contributed by atoms with Crippen molar-refractivity contribution >= 4 is 23.2 Å². The first-order valence-electron chi connectivity index (χ1n) is 8.07. The highest BCUT2D eigenvalue weighted by Crippen LogP contribution is 2.22. The fourth-order valence-electron chi connectivity index (χ4n) is 2.80. The standard InChI is InChI=1S/C17H22N6O2/c1-25-15-6-7-16(19-12-15)23-10-8-22(9-11-23)14-4-2-13(3-5-14)20-17(24)21-18/h2-7,12H,8-11,18H2,1H3,(H2,20,21,24). The van der Waals surface area contributed by atoms with Gasteiger partial charge in [-0.15, -0.1) is 0 Å². The zero-order valence-corrected chi connectivity index (χ0v) is 14.1. The van der Waals surface area contributed by atoms with E-state index in [2.05, 4.69) is 20.1 Å². The number of benzene rings is 1. The Bertz CT molecular complexity index is 696. The maximum absolute atomic E-state index is 11.2. The van der Waals surface area contributed by atoms with Gasteiger partial charge in [0.1, 0.15) is 11.6 Å². The molecule has 0 unspecified atom stereocenters. The van der Waals surface area contributed by atoms with Gasteiger partial charge in [-0.25, -0.2) is 15.6 Å². The molecule has 0 aliphatic carbocycles. The van der Waals surface area contributed by atoms with E-state index in [0.717, 1.165) is 43.4 Å². The number of methoxy groups -OCH3 is 1. The number of aromatic nitrogens is 1. The van der Waals surface area contributed by atoms with E-state index in [-0.39, 0.29) is 0 Å². The third-order valence-electron chi connectivity index (χ3n) is 4.18. The molecule has 0 spiro atoms. The van der Waals surface area contributed by atoms with E-state index < -0.39 is 6.03 Å². The number of nitrogens with two attached hydrogens (primary N) is 1. The molecule has 0 saturated carbocycles. The number of carbonyl (C=O) groups excluding carboxylic acids is 1. The molecule has 1 aliphatic heterocycles. The minimum absolute atomic E-state index is 0.437. The number of hydrogen-bond acceptors (Lipinski definition) is 6. The quantitative estimate of drug-likeness (QED) is 0.442. The Balaban J connectivity index is 1.57. The van der Waals surface area contributed by atoms with Crippen molar-refractivity contribution in [3.63, 3.8) is 0 Å². The van der Waals surface area contributed by atoms with E-state index in [1.807, 2.05) is 41.8 Å². The SMILES string of the molecule is COc1ccc(N2CCN(c3ccc(NC(=O)NN)cc3)CC2)nc1. The highest BCUT2D eigenvalue weighted by molar-refractivity contribution is 5.88. The minimum Gasteiger partial charge on any atom is -0.495 e. The summed E-state index contributed by atoms with van der Waals surface area (Å²) in [6.45, 7) is 3.61. The average Bonchev–Trinajstić information content (AvgIpc) is 2.69. The normalized spacial score (nSPS) is 14.2. The fourth-order valence-corrected chi connectivity index (χ4v) is 2.80. The number of ether oxygens (including phenoxy) is 1. The molecule has 2 amide bonds. The van der Waals surface area contributed by atoms with Crippen LogP contribution in [0.4, 0.5) is 22.0 Å². The molecule has 1 aromatic carbocycles. The molecular formula is C17H22N6O2. The smallest absolute Gasteiger partial charge is 0.333 e. The number of anilines is 3. The molecule has 2 aromatic rings. The number of pyridine rings is 1. The Morgan fingerprint density at radius 1 is 1.08 bits per heavy atom. The van der Waals surface area contributed by atoms with Crippen molar-refractivity contribution in [3.05, 3.63) is 42.6 Å². The van der Waals surface area contributed by atoms with Crippen LogP contribution in [0.2, 0.25) is 0 Å². The zero-order chi connectivity index (χ0) is 17.6. The average molecular weight is 342 g/mol. The predicted molar refractivity (Wildman–Crippen MR) is 98.0 cm³/mol. The molecular weight excluding hydrogens is 320 g/mol. The first-order valence-corrected chi connectivity index (χ1v) is 8.07. The van der Waals surface area contributed by atoms with Gasteiger partial charge in [0.2, 0.25) is 0 Å². The molecule has 0 bridgehead atoms. The monoisotopic (exact) mass is 342 g/mol.